The van der Waals surface area contributed by atoms with Crippen LogP contribution in [-0.4, -0.2) is 18.8 Å². The molecule has 0 saturated heterocycles. The van der Waals surface area contributed by atoms with E-state index in [-0.39, 0.29) is 0 Å². The molecular weight excluding hydrogens is 689 g/mol. The van der Waals surface area contributed by atoms with E-state index in [0.717, 1.165) is 78.4 Å². The first-order valence-corrected chi connectivity index (χ1v) is 18.7. The van der Waals surface area contributed by atoms with Gasteiger partial charge in [0.05, 0.1) is 22.4 Å². The van der Waals surface area contributed by atoms with Crippen LogP contribution in [0.25, 0.3) is 112 Å². The Kier molecular flexibility index (Phi) is 6.53. The van der Waals surface area contributed by atoms with E-state index in [1.54, 1.807) is 0 Å². The van der Waals surface area contributed by atoms with E-state index in [1.165, 1.54) is 21.5 Å². The van der Waals surface area contributed by atoms with E-state index in [9.17, 15) is 0 Å². The summed E-state index contributed by atoms with van der Waals surface area (Å²) >= 11 is 0. The Balaban J connectivity index is 0.960. The molecule has 0 aliphatic heterocycles. The Labute approximate surface area is 320 Å². The van der Waals surface area contributed by atoms with Gasteiger partial charge in [0.1, 0.15) is 11.4 Å². The highest BCUT2D eigenvalue weighted by molar-refractivity contribution is 5.94. The highest BCUT2D eigenvalue weighted by Gasteiger charge is 2.23. The lowest BCUT2D eigenvalue weighted by Crippen LogP contribution is -1.91. The van der Waals surface area contributed by atoms with E-state index in [4.69, 9.17) is 18.8 Å². The molecule has 0 fully saturated rings. The molecule has 0 bridgehead atoms. The lowest BCUT2D eigenvalue weighted by atomic mass is 9.97. The van der Waals surface area contributed by atoms with Crippen LogP contribution >= 0.6 is 0 Å². The molecule has 0 atom stereocenters. The molecule has 0 amide bonds. The van der Waals surface area contributed by atoms with Crippen molar-refractivity contribution in [2.75, 3.05) is 0 Å². The second kappa shape index (κ2) is 11.9. The maximum absolute atomic E-state index is 6.28. The fourth-order valence-electron chi connectivity index (χ4n) is 8.29. The number of nitrogens with zero attached hydrogens (tertiary/aromatic N) is 4. The number of oxazole rings is 2. The monoisotopic (exact) mass is 718 g/mol. The fraction of sp³-hybridized carbons (Fsp3) is 0. The van der Waals surface area contributed by atoms with Crippen molar-refractivity contribution in [2.45, 2.75) is 0 Å². The molecule has 262 valence electrons. The highest BCUT2D eigenvalue weighted by Crippen LogP contribution is 2.40. The zero-order valence-corrected chi connectivity index (χ0v) is 29.9. The quantitative estimate of drug-likeness (QED) is 0.178. The van der Waals surface area contributed by atoms with E-state index in [2.05, 4.69) is 154 Å². The summed E-state index contributed by atoms with van der Waals surface area (Å²) in [6, 6.07) is 63.6. The number of aromatic nitrogens is 4. The van der Waals surface area contributed by atoms with E-state index in [1.807, 2.05) is 36.4 Å². The third kappa shape index (κ3) is 4.69. The van der Waals surface area contributed by atoms with Crippen molar-refractivity contribution in [3.8, 4) is 56.2 Å². The lowest BCUT2D eigenvalue weighted by molar-refractivity contribution is 0.641. The summed E-state index contributed by atoms with van der Waals surface area (Å²) in [4.78, 5) is 10.2. The summed E-state index contributed by atoms with van der Waals surface area (Å²) in [7, 11) is 0. The van der Waals surface area contributed by atoms with Crippen LogP contribution in [0.15, 0.2) is 191 Å². The number of benzene rings is 8. The van der Waals surface area contributed by atoms with Gasteiger partial charge in [0, 0.05) is 22.3 Å². The van der Waals surface area contributed by atoms with Gasteiger partial charge in [-0.25, -0.2) is 0 Å². The third-order valence-electron chi connectivity index (χ3n) is 11.0. The smallest absolute Gasteiger partial charge is 0.307 e. The van der Waals surface area contributed by atoms with Crippen molar-refractivity contribution in [1.29, 1.82) is 0 Å². The number of para-hydroxylation sites is 4. The Hall–Kier alpha value is -7.70. The molecule has 6 heteroatoms. The van der Waals surface area contributed by atoms with Gasteiger partial charge in [-0.05, 0) is 69.1 Å². The molecule has 0 spiro atoms. The van der Waals surface area contributed by atoms with Crippen molar-refractivity contribution >= 4 is 55.4 Å². The van der Waals surface area contributed by atoms with E-state index in [0.29, 0.717) is 11.7 Å². The average molecular weight is 719 g/mol. The molecule has 0 saturated carbocycles. The molecule has 0 radical (unpaired) electrons. The van der Waals surface area contributed by atoms with Crippen molar-refractivity contribution in [1.82, 2.24) is 18.8 Å². The fourth-order valence-corrected chi connectivity index (χ4v) is 8.29. The molecular formula is C50H30N4O2. The molecule has 8 aromatic carbocycles. The summed E-state index contributed by atoms with van der Waals surface area (Å²) in [5.74, 6) is 1.15. The van der Waals surface area contributed by atoms with Gasteiger partial charge in [-0.1, -0.05) is 146 Å². The summed E-state index contributed by atoms with van der Waals surface area (Å²) in [6.45, 7) is 0. The Morgan fingerprint density at radius 3 is 1.12 bits per heavy atom. The van der Waals surface area contributed by atoms with Crippen LogP contribution in [0.2, 0.25) is 0 Å². The van der Waals surface area contributed by atoms with E-state index < -0.39 is 0 Å². The number of hydrogen-bond acceptors (Lipinski definition) is 4. The van der Waals surface area contributed by atoms with Crippen molar-refractivity contribution in [2.24, 2.45) is 0 Å². The average Bonchev–Trinajstić information content (AvgIpc) is 4.02. The molecule has 4 aromatic heterocycles. The molecule has 0 aliphatic carbocycles. The molecule has 4 heterocycles. The maximum Gasteiger partial charge on any atom is 0.307 e. The number of hydrogen-bond donors (Lipinski definition) is 0. The van der Waals surface area contributed by atoms with Gasteiger partial charge in [0.15, 0.2) is 11.2 Å². The number of fused-ring (bicyclic) bond motifs is 8. The van der Waals surface area contributed by atoms with Gasteiger partial charge in [0.25, 0.3) is 0 Å². The van der Waals surface area contributed by atoms with Crippen LogP contribution in [0.1, 0.15) is 0 Å². The molecule has 0 aliphatic rings. The predicted octanol–water partition coefficient (Wildman–Crippen LogP) is 13.1. The highest BCUT2D eigenvalue weighted by atomic mass is 16.4. The topological polar surface area (TPSA) is 60.9 Å². The Morgan fingerprint density at radius 1 is 0.321 bits per heavy atom. The van der Waals surface area contributed by atoms with Crippen LogP contribution in [0, 0.1) is 0 Å². The molecule has 0 N–H and O–H groups in total. The second-order valence-electron chi connectivity index (χ2n) is 14.3. The normalized spacial score (nSPS) is 11.9. The minimum atomic E-state index is 0.575. The molecule has 6 nitrogen and oxygen atoms in total. The summed E-state index contributed by atoms with van der Waals surface area (Å²) in [5, 5.41) is 4.74. The van der Waals surface area contributed by atoms with Crippen LogP contribution in [-0.2, 0) is 0 Å². The zero-order valence-electron chi connectivity index (χ0n) is 29.9. The van der Waals surface area contributed by atoms with Crippen LogP contribution in [0.3, 0.4) is 0 Å². The van der Waals surface area contributed by atoms with Gasteiger partial charge in [0.2, 0.25) is 0 Å². The molecule has 0 unspecified atom stereocenters. The van der Waals surface area contributed by atoms with Gasteiger partial charge in [-0.3, -0.25) is 8.80 Å². The van der Waals surface area contributed by atoms with Gasteiger partial charge < -0.3 is 8.83 Å². The predicted molar refractivity (Wildman–Crippen MR) is 226 cm³/mol. The first-order chi connectivity index (χ1) is 27.7. The van der Waals surface area contributed by atoms with Crippen LogP contribution < -0.4 is 0 Å². The van der Waals surface area contributed by atoms with Crippen LogP contribution in [0.4, 0.5) is 0 Å². The van der Waals surface area contributed by atoms with Crippen LogP contribution in [0.5, 0.6) is 0 Å². The Bertz CT molecular complexity index is 3240. The van der Waals surface area contributed by atoms with E-state index >= 15 is 0 Å². The molecule has 12 rings (SSSR count). The molecule has 56 heavy (non-hydrogen) atoms. The Morgan fingerprint density at radius 2 is 0.679 bits per heavy atom. The lowest BCUT2D eigenvalue weighted by Gasteiger charge is -2.10. The second-order valence-corrected chi connectivity index (χ2v) is 14.3. The number of rotatable bonds is 5. The van der Waals surface area contributed by atoms with Gasteiger partial charge in [-0.2, -0.15) is 9.97 Å². The zero-order chi connectivity index (χ0) is 36.7. The van der Waals surface area contributed by atoms with Crippen molar-refractivity contribution in [3.63, 3.8) is 0 Å². The van der Waals surface area contributed by atoms with Gasteiger partial charge >= 0.3 is 11.7 Å². The first-order valence-electron chi connectivity index (χ1n) is 18.7. The maximum atomic E-state index is 6.28. The molecule has 12 aromatic rings. The first kappa shape index (κ1) is 30.7. The van der Waals surface area contributed by atoms with Gasteiger partial charge in [-0.15, -0.1) is 0 Å². The third-order valence-corrected chi connectivity index (χ3v) is 11.0. The summed E-state index contributed by atoms with van der Waals surface area (Å²) < 4.78 is 16.8. The van der Waals surface area contributed by atoms with Crippen molar-refractivity contribution < 1.29 is 8.83 Å². The summed E-state index contributed by atoms with van der Waals surface area (Å²) in [6.07, 6.45) is 0. The summed E-state index contributed by atoms with van der Waals surface area (Å²) in [5.41, 5.74) is 13.8. The SMILES string of the molecule is c1ccc2cc(-c3nc4oc5ccccc5n4c3-c3ccc(-c4ccc(-c5c(-c6ccc7ccccc7c6)nc6oc7ccccc7n56)cc4)cc3)ccc2c1. The standard InChI is InChI=1S/C50H30N4O2/c1-3-11-37-29-39(27-21-31(37)9-1)45-47(53-41-13-5-7-15-43(41)55-49(53)51-45)35-23-17-33(18-24-35)34-19-25-36(26-20-34)48-46(40-28-22-32-10-2-4-12-38(32)30-40)52-50-54(48)42-14-6-8-16-44(42)56-50/h1-30H. The number of imidazole rings is 2. The minimum Gasteiger partial charge on any atom is -0.423 e. The van der Waals surface area contributed by atoms with Crippen molar-refractivity contribution in [3.05, 3.63) is 182 Å². The minimum absolute atomic E-state index is 0.575. The largest absolute Gasteiger partial charge is 0.423 e.